The van der Waals surface area contributed by atoms with Crippen LogP contribution in [0.1, 0.15) is 20.3 Å². The SMILES string of the molecule is CCOC(=O)[C@H]1C[C@@H](COC(C)=O)ON1C. The molecule has 0 aromatic heterocycles. The summed E-state index contributed by atoms with van der Waals surface area (Å²) in [5.41, 5.74) is 0. The molecule has 6 heteroatoms. The van der Waals surface area contributed by atoms with E-state index in [1.54, 1.807) is 14.0 Å². The molecule has 0 radical (unpaired) electrons. The average molecular weight is 231 g/mol. The molecule has 0 aliphatic carbocycles. The van der Waals surface area contributed by atoms with Gasteiger partial charge >= 0.3 is 11.9 Å². The van der Waals surface area contributed by atoms with Gasteiger partial charge in [0.15, 0.2) is 0 Å². The number of esters is 2. The highest BCUT2D eigenvalue weighted by Crippen LogP contribution is 2.20. The van der Waals surface area contributed by atoms with Gasteiger partial charge in [0.05, 0.1) is 6.61 Å². The number of nitrogens with zero attached hydrogens (tertiary/aromatic N) is 1. The Morgan fingerprint density at radius 1 is 1.44 bits per heavy atom. The van der Waals surface area contributed by atoms with E-state index < -0.39 is 6.04 Å². The minimum absolute atomic E-state index is 0.162. The molecular weight excluding hydrogens is 214 g/mol. The lowest BCUT2D eigenvalue weighted by atomic mass is 10.1. The molecule has 92 valence electrons. The van der Waals surface area contributed by atoms with Crippen LogP contribution in [0.2, 0.25) is 0 Å². The van der Waals surface area contributed by atoms with Crippen LogP contribution in [0, 0.1) is 0 Å². The molecule has 0 spiro atoms. The Hall–Kier alpha value is -1.14. The molecule has 1 fully saturated rings. The number of hydrogen-bond acceptors (Lipinski definition) is 6. The maximum absolute atomic E-state index is 11.5. The number of likely N-dealkylation sites (N-methyl/N-ethyl adjacent to an activating group) is 1. The van der Waals surface area contributed by atoms with E-state index in [0.29, 0.717) is 13.0 Å². The molecule has 1 aliphatic rings. The summed E-state index contributed by atoms with van der Waals surface area (Å²) in [6.45, 7) is 3.60. The van der Waals surface area contributed by atoms with E-state index in [2.05, 4.69) is 0 Å². The van der Waals surface area contributed by atoms with Gasteiger partial charge in [-0.3, -0.25) is 14.4 Å². The Kier molecular flexibility index (Phi) is 4.70. The first-order valence-corrected chi connectivity index (χ1v) is 5.24. The molecule has 6 nitrogen and oxygen atoms in total. The van der Waals surface area contributed by atoms with Crippen LogP contribution in [-0.4, -0.2) is 49.4 Å². The Bertz CT molecular complexity index is 268. The first-order chi connectivity index (χ1) is 7.54. The summed E-state index contributed by atoms with van der Waals surface area (Å²) >= 11 is 0. The fraction of sp³-hybridized carbons (Fsp3) is 0.800. The molecular formula is C10H17NO5. The fourth-order valence-electron chi connectivity index (χ4n) is 1.54. The summed E-state index contributed by atoms with van der Waals surface area (Å²) in [5, 5.41) is 1.45. The first kappa shape index (κ1) is 12.9. The van der Waals surface area contributed by atoms with Crippen LogP contribution in [0.3, 0.4) is 0 Å². The molecule has 1 aliphatic heterocycles. The molecule has 1 heterocycles. The molecule has 1 saturated heterocycles. The van der Waals surface area contributed by atoms with Crippen LogP contribution < -0.4 is 0 Å². The number of hydroxylamine groups is 2. The molecule has 0 amide bonds. The van der Waals surface area contributed by atoms with E-state index in [9.17, 15) is 9.59 Å². The van der Waals surface area contributed by atoms with Crippen molar-refractivity contribution in [3.8, 4) is 0 Å². The Labute approximate surface area is 94.4 Å². The van der Waals surface area contributed by atoms with Crippen molar-refractivity contribution in [2.45, 2.75) is 32.4 Å². The van der Waals surface area contributed by atoms with Crippen molar-refractivity contribution in [3.05, 3.63) is 0 Å². The number of hydrogen-bond donors (Lipinski definition) is 0. The predicted octanol–water partition coefficient (Wildman–Crippen LogP) is 0.117. The van der Waals surface area contributed by atoms with Gasteiger partial charge in [0, 0.05) is 20.4 Å². The van der Waals surface area contributed by atoms with Crippen LogP contribution in [0.4, 0.5) is 0 Å². The molecule has 0 N–H and O–H groups in total. The number of carbonyl (C=O) groups is 2. The minimum Gasteiger partial charge on any atom is -0.465 e. The van der Waals surface area contributed by atoms with Crippen molar-refractivity contribution < 1.29 is 23.9 Å². The Morgan fingerprint density at radius 2 is 2.12 bits per heavy atom. The minimum atomic E-state index is -0.416. The second-order valence-corrected chi connectivity index (χ2v) is 3.58. The largest absolute Gasteiger partial charge is 0.465 e. The van der Waals surface area contributed by atoms with E-state index >= 15 is 0 Å². The third-order valence-electron chi connectivity index (χ3n) is 2.27. The third-order valence-corrected chi connectivity index (χ3v) is 2.27. The lowest BCUT2D eigenvalue weighted by molar-refractivity contribution is -0.179. The number of ether oxygens (including phenoxy) is 2. The average Bonchev–Trinajstić information content (AvgIpc) is 2.57. The Morgan fingerprint density at radius 3 is 2.69 bits per heavy atom. The first-order valence-electron chi connectivity index (χ1n) is 5.24. The van der Waals surface area contributed by atoms with Gasteiger partial charge in [-0.05, 0) is 6.92 Å². The van der Waals surface area contributed by atoms with Crippen molar-refractivity contribution in [2.75, 3.05) is 20.3 Å². The van der Waals surface area contributed by atoms with Crippen LogP contribution >= 0.6 is 0 Å². The monoisotopic (exact) mass is 231 g/mol. The van der Waals surface area contributed by atoms with Crippen molar-refractivity contribution >= 4 is 11.9 Å². The van der Waals surface area contributed by atoms with Crippen molar-refractivity contribution in [1.82, 2.24) is 5.06 Å². The maximum Gasteiger partial charge on any atom is 0.325 e. The normalized spacial score (nSPS) is 25.4. The quantitative estimate of drug-likeness (QED) is 0.640. The van der Waals surface area contributed by atoms with Gasteiger partial charge in [0.2, 0.25) is 0 Å². The van der Waals surface area contributed by atoms with Gasteiger partial charge in [-0.25, -0.2) is 0 Å². The molecule has 1 rings (SSSR count). The summed E-state index contributed by atoms with van der Waals surface area (Å²) in [5.74, 6) is -0.666. The summed E-state index contributed by atoms with van der Waals surface area (Å²) in [7, 11) is 1.66. The number of rotatable bonds is 4. The molecule has 0 aromatic rings. The van der Waals surface area contributed by atoms with E-state index in [0.717, 1.165) is 0 Å². The van der Waals surface area contributed by atoms with E-state index in [-0.39, 0.29) is 24.6 Å². The van der Waals surface area contributed by atoms with Crippen LogP contribution in [0.5, 0.6) is 0 Å². The van der Waals surface area contributed by atoms with Gasteiger partial charge in [0.1, 0.15) is 18.8 Å². The van der Waals surface area contributed by atoms with Crippen LogP contribution in [0.15, 0.2) is 0 Å². The topological polar surface area (TPSA) is 65.1 Å². The van der Waals surface area contributed by atoms with E-state index in [4.69, 9.17) is 14.3 Å². The second-order valence-electron chi connectivity index (χ2n) is 3.58. The van der Waals surface area contributed by atoms with E-state index in [1.807, 2.05) is 0 Å². The van der Waals surface area contributed by atoms with Gasteiger partial charge < -0.3 is 9.47 Å². The Balaban J connectivity index is 2.40. The molecule has 0 bridgehead atoms. The summed E-state index contributed by atoms with van der Waals surface area (Å²) in [6.07, 6.45) is 0.200. The molecule has 2 atom stereocenters. The number of carbonyl (C=O) groups excluding carboxylic acids is 2. The lowest BCUT2D eigenvalue weighted by Gasteiger charge is -2.15. The summed E-state index contributed by atoms with van der Waals surface area (Å²) in [4.78, 5) is 27.5. The smallest absolute Gasteiger partial charge is 0.325 e. The highest BCUT2D eigenvalue weighted by molar-refractivity contribution is 5.75. The van der Waals surface area contributed by atoms with Crippen molar-refractivity contribution in [1.29, 1.82) is 0 Å². The van der Waals surface area contributed by atoms with Crippen LogP contribution in [0.25, 0.3) is 0 Å². The second kappa shape index (κ2) is 5.81. The third kappa shape index (κ3) is 3.46. The highest BCUT2D eigenvalue weighted by atomic mass is 16.7. The maximum atomic E-state index is 11.5. The zero-order valence-electron chi connectivity index (χ0n) is 9.76. The molecule has 0 aromatic carbocycles. The highest BCUT2D eigenvalue weighted by Gasteiger charge is 2.37. The summed E-state index contributed by atoms with van der Waals surface area (Å²) < 4.78 is 9.72. The van der Waals surface area contributed by atoms with Gasteiger partial charge in [-0.2, -0.15) is 5.06 Å². The fourth-order valence-corrected chi connectivity index (χ4v) is 1.54. The van der Waals surface area contributed by atoms with Gasteiger partial charge in [-0.15, -0.1) is 0 Å². The molecule has 16 heavy (non-hydrogen) atoms. The van der Waals surface area contributed by atoms with Gasteiger partial charge in [-0.1, -0.05) is 0 Å². The van der Waals surface area contributed by atoms with Crippen LogP contribution in [-0.2, 0) is 23.9 Å². The zero-order valence-corrected chi connectivity index (χ0v) is 9.76. The van der Waals surface area contributed by atoms with Crippen molar-refractivity contribution in [2.24, 2.45) is 0 Å². The predicted molar refractivity (Wildman–Crippen MR) is 54.3 cm³/mol. The van der Waals surface area contributed by atoms with Gasteiger partial charge in [0.25, 0.3) is 0 Å². The lowest BCUT2D eigenvalue weighted by Crippen LogP contribution is -2.33. The summed E-state index contributed by atoms with van der Waals surface area (Å²) in [6, 6.07) is -0.416. The zero-order chi connectivity index (χ0) is 12.1. The molecule has 0 unspecified atom stereocenters. The molecule has 0 saturated carbocycles. The van der Waals surface area contributed by atoms with E-state index in [1.165, 1.54) is 12.0 Å². The standard InChI is InChI=1S/C10H17NO5/c1-4-14-10(13)9-5-8(16-11(9)3)6-15-7(2)12/h8-9H,4-6H2,1-3H3/t8-,9+/m0/s1. The van der Waals surface area contributed by atoms with Crippen molar-refractivity contribution in [3.63, 3.8) is 0 Å².